The van der Waals surface area contributed by atoms with Crippen LogP contribution in [0.2, 0.25) is 5.02 Å². The van der Waals surface area contributed by atoms with Crippen LogP contribution in [0, 0.1) is 0 Å². The maximum atomic E-state index is 12.3. The maximum Gasteiger partial charge on any atom is 0.220 e. The molecule has 0 aromatic heterocycles. The number of rotatable bonds is 7. The molecule has 0 atom stereocenters. The number of halogens is 1. The molecule has 0 heterocycles. The summed E-state index contributed by atoms with van der Waals surface area (Å²) in [6.07, 6.45) is 4.58. The number of benzene rings is 2. The van der Waals surface area contributed by atoms with Crippen molar-refractivity contribution in [1.29, 1.82) is 0 Å². The van der Waals surface area contributed by atoms with Crippen LogP contribution in [-0.2, 0) is 24.1 Å². The van der Waals surface area contributed by atoms with Crippen LogP contribution in [0.4, 0.5) is 0 Å². The molecule has 0 saturated carbocycles. The van der Waals surface area contributed by atoms with E-state index in [-0.39, 0.29) is 24.5 Å². The summed E-state index contributed by atoms with van der Waals surface area (Å²) >= 11 is 5.85. The molecule has 2 aromatic carbocycles. The lowest BCUT2D eigenvalue weighted by atomic mass is 10.0. The fourth-order valence-corrected chi connectivity index (χ4v) is 3.33. The Morgan fingerprint density at radius 2 is 1.72 bits per heavy atom. The van der Waals surface area contributed by atoms with Gasteiger partial charge in [0.15, 0.2) is 5.78 Å². The molecule has 3 rings (SSSR count). The molecule has 1 amide bonds. The molecule has 1 aliphatic rings. The smallest absolute Gasteiger partial charge is 0.220 e. The molecule has 2 aromatic rings. The van der Waals surface area contributed by atoms with E-state index in [2.05, 4.69) is 11.4 Å². The molecule has 1 N–H and O–H groups in total. The predicted molar refractivity (Wildman–Crippen MR) is 100 cm³/mol. The highest BCUT2D eigenvalue weighted by molar-refractivity contribution is 6.30. The van der Waals surface area contributed by atoms with E-state index >= 15 is 0 Å². The molecule has 0 unspecified atom stereocenters. The SMILES string of the molecule is O=C(CCC(=O)c1ccc2c(c1)CCC2)NCCc1ccc(Cl)cc1. The third-order valence-electron chi connectivity index (χ3n) is 4.65. The highest BCUT2D eigenvalue weighted by atomic mass is 35.5. The van der Waals surface area contributed by atoms with Gasteiger partial charge in [0, 0.05) is 30.0 Å². The molecule has 0 radical (unpaired) electrons. The lowest BCUT2D eigenvalue weighted by Gasteiger charge is -2.06. The van der Waals surface area contributed by atoms with Crippen molar-refractivity contribution in [2.45, 2.75) is 38.5 Å². The zero-order valence-corrected chi connectivity index (χ0v) is 14.9. The van der Waals surface area contributed by atoms with Gasteiger partial charge in [-0.05, 0) is 60.6 Å². The number of Topliss-reactive ketones (excluding diaryl/α,β-unsaturated/α-hetero) is 1. The molecule has 4 heteroatoms. The van der Waals surface area contributed by atoms with Crippen molar-refractivity contribution < 1.29 is 9.59 Å². The summed E-state index contributed by atoms with van der Waals surface area (Å²) in [6.45, 7) is 0.563. The van der Waals surface area contributed by atoms with E-state index in [9.17, 15) is 9.59 Å². The minimum Gasteiger partial charge on any atom is -0.356 e. The second kappa shape index (κ2) is 8.30. The molecular formula is C21H22ClNO2. The number of hydrogen-bond acceptors (Lipinski definition) is 2. The van der Waals surface area contributed by atoms with Crippen LogP contribution in [0.15, 0.2) is 42.5 Å². The Bertz CT molecular complexity index is 768. The minimum absolute atomic E-state index is 0.0440. The van der Waals surface area contributed by atoms with E-state index in [1.807, 2.05) is 36.4 Å². The zero-order valence-electron chi connectivity index (χ0n) is 14.2. The van der Waals surface area contributed by atoms with Gasteiger partial charge in [0.1, 0.15) is 0 Å². The highest BCUT2D eigenvalue weighted by Gasteiger charge is 2.14. The van der Waals surface area contributed by atoms with E-state index in [1.54, 1.807) is 0 Å². The molecule has 0 fully saturated rings. The number of amides is 1. The second-order valence-corrected chi connectivity index (χ2v) is 6.92. The summed E-state index contributed by atoms with van der Waals surface area (Å²) in [4.78, 5) is 24.2. The molecule has 0 saturated heterocycles. The summed E-state index contributed by atoms with van der Waals surface area (Å²) in [5.41, 5.74) is 4.50. The summed E-state index contributed by atoms with van der Waals surface area (Å²) in [7, 11) is 0. The van der Waals surface area contributed by atoms with Gasteiger partial charge in [0.05, 0.1) is 0 Å². The van der Waals surface area contributed by atoms with Crippen molar-refractivity contribution in [3.05, 3.63) is 69.7 Å². The average molecular weight is 356 g/mol. The number of ketones is 1. The fraction of sp³-hybridized carbons (Fsp3) is 0.333. The summed E-state index contributed by atoms with van der Waals surface area (Å²) in [5, 5.41) is 3.58. The summed E-state index contributed by atoms with van der Waals surface area (Å²) < 4.78 is 0. The van der Waals surface area contributed by atoms with Crippen molar-refractivity contribution in [2.24, 2.45) is 0 Å². The van der Waals surface area contributed by atoms with Crippen LogP contribution in [0.5, 0.6) is 0 Å². The van der Waals surface area contributed by atoms with Crippen LogP contribution in [0.3, 0.4) is 0 Å². The van der Waals surface area contributed by atoms with E-state index in [1.165, 1.54) is 17.5 Å². The molecule has 1 aliphatic carbocycles. The van der Waals surface area contributed by atoms with Gasteiger partial charge in [-0.25, -0.2) is 0 Å². The van der Waals surface area contributed by atoms with Gasteiger partial charge in [-0.15, -0.1) is 0 Å². The monoisotopic (exact) mass is 355 g/mol. The summed E-state index contributed by atoms with van der Waals surface area (Å²) in [5.74, 6) is -0.0361. The van der Waals surface area contributed by atoms with Gasteiger partial charge in [-0.2, -0.15) is 0 Å². The average Bonchev–Trinajstić information content (AvgIpc) is 3.09. The number of carbonyl (C=O) groups is 2. The number of aryl methyl sites for hydroxylation is 2. The maximum absolute atomic E-state index is 12.3. The van der Waals surface area contributed by atoms with Gasteiger partial charge >= 0.3 is 0 Å². The normalized spacial score (nSPS) is 12.7. The Morgan fingerprint density at radius 3 is 2.52 bits per heavy atom. The number of nitrogens with one attached hydrogen (secondary N) is 1. The van der Waals surface area contributed by atoms with E-state index in [0.717, 1.165) is 30.4 Å². The van der Waals surface area contributed by atoms with Crippen LogP contribution in [0.25, 0.3) is 0 Å². The Balaban J connectivity index is 1.41. The van der Waals surface area contributed by atoms with Gasteiger partial charge in [0.2, 0.25) is 5.91 Å². The zero-order chi connectivity index (χ0) is 17.6. The van der Waals surface area contributed by atoms with Gasteiger partial charge in [-0.3, -0.25) is 9.59 Å². The van der Waals surface area contributed by atoms with E-state index < -0.39 is 0 Å². The van der Waals surface area contributed by atoms with Gasteiger partial charge in [-0.1, -0.05) is 35.9 Å². The second-order valence-electron chi connectivity index (χ2n) is 6.49. The standard InChI is InChI=1S/C21H22ClNO2/c22-19-8-4-15(5-9-19)12-13-23-21(25)11-10-20(24)18-7-6-16-2-1-3-17(16)14-18/h4-9,14H,1-3,10-13H2,(H,23,25). The minimum atomic E-state index is -0.0801. The quantitative estimate of drug-likeness (QED) is 0.758. The molecule has 0 bridgehead atoms. The van der Waals surface area contributed by atoms with Crippen LogP contribution in [0.1, 0.15) is 46.3 Å². The van der Waals surface area contributed by atoms with Crippen LogP contribution in [-0.4, -0.2) is 18.2 Å². The predicted octanol–water partition coefficient (Wildman–Crippen LogP) is 4.15. The first-order valence-electron chi connectivity index (χ1n) is 8.78. The Morgan fingerprint density at radius 1 is 0.960 bits per heavy atom. The fourth-order valence-electron chi connectivity index (χ4n) is 3.20. The molecule has 130 valence electrons. The Hall–Kier alpha value is -2.13. The summed E-state index contributed by atoms with van der Waals surface area (Å²) in [6, 6.07) is 13.5. The molecule has 0 spiro atoms. The van der Waals surface area contributed by atoms with Gasteiger partial charge < -0.3 is 5.32 Å². The first-order valence-corrected chi connectivity index (χ1v) is 9.16. The van der Waals surface area contributed by atoms with Crippen molar-refractivity contribution in [1.82, 2.24) is 5.32 Å². The Kier molecular flexibility index (Phi) is 5.87. The third-order valence-corrected chi connectivity index (χ3v) is 4.90. The van der Waals surface area contributed by atoms with Gasteiger partial charge in [0.25, 0.3) is 0 Å². The highest BCUT2D eigenvalue weighted by Crippen LogP contribution is 2.23. The topological polar surface area (TPSA) is 46.2 Å². The van der Waals surface area contributed by atoms with Crippen LogP contribution < -0.4 is 5.32 Å². The van der Waals surface area contributed by atoms with E-state index in [4.69, 9.17) is 11.6 Å². The van der Waals surface area contributed by atoms with E-state index in [0.29, 0.717) is 11.6 Å². The van der Waals surface area contributed by atoms with Crippen molar-refractivity contribution in [3.63, 3.8) is 0 Å². The third kappa shape index (κ3) is 4.93. The van der Waals surface area contributed by atoms with Crippen molar-refractivity contribution in [2.75, 3.05) is 6.54 Å². The number of carbonyl (C=O) groups excluding carboxylic acids is 2. The molecule has 25 heavy (non-hydrogen) atoms. The first-order chi connectivity index (χ1) is 12.1. The number of fused-ring (bicyclic) bond motifs is 1. The van der Waals surface area contributed by atoms with Crippen molar-refractivity contribution in [3.8, 4) is 0 Å². The lowest BCUT2D eigenvalue weighted by Crippen LogP contribution is -2.26. The van der Waals surface area contributed by atoms with Crippen LogP contribution >= 0.6 is 11.6 Å². The number of hydrogen-bond donors (Lipinski definition) is 1. The largest absolute Gasteiger partial charge is 0.356 e. The molecule has 0 aliphatic heterocycles. The Labute approximate surface area is 153 Å². The first kappa shape index (κ1) is 17.7. The van der Waals surface area contributed by atoms with Crippen molar-refractivity contribution >= 4 is 23.3 Å². The molecular weight excluding hydrogens is 334 g/mol. The molecule has 3 nitrogen and oxygen atoms in total. The lowest BCUT2D eigenvalue weighted by molar-refractivity contribution is -0.121.